The standard InChI is InChI=1S/C12H13BrClN3O/c1-8-16-12(17-18-8)4-5-15-7-9-2-3-10(13)11(14)6-9/h2-3,6,15H,4-5,7H2,1H3. The highest BCUT2D eigenvalue weighted by molar-refractivity contribution is 9.10. The van der Waals surface area contributed by atoms with Crippen molar-refractivity contribution in [3.8, 4) is 0 Å². The van der Waals surface area contributed by atoms with Crippen LogP contribution >= 0.6 is 27.5 Å². The number of benzene rings is 1. The van der Waals surface area contributed by atoms with Crippen molar-refractivity contribution in [1.29, 1.82) is 0 Å². The molecule has 0 fully saturated rings. The van der Waals surface area contributed by atoms with E-state index in [2.05, 4.69) is 31.4 Å². The largest absolute Gasteiger partial charge is 0.340 e. The summed E-state index contributed by atoms with van der Waals surface area (Å²) in [6.07, 6.45) is 0.752. The second-order valence-electron chi connectivity index (χ2n) is 3.90. The molecule has 6 heteroatoms. The minimum atomic E-state index is 0.602. The Morgan fingerprint density at radius 1 is 1.44 bits per heavy atom. The Kier molecular flexibility index (Phi) is 4.74. The van der Waals surface area contributed by atoms with Crippen molar-refractivity contribution < 1.29 is 4.52 Å². The van der Waals surface area contributed by atoms with Crippen LogP contribution in [-0.4, -0.2) is 16.7 Å². The molecule has 1 N–H and O–H groups in total. The van der Waals surface area contributed by atoms with Gasteiger partial charge in [0.1, 0.15) is 0 Å². The van der Waals surface area contributed by atoms with Crippen molar-refractivity contribution in [3.63, 3.8) is 0 Å². The zero-order chi connectivity index (χ0) is 13.0. The number of hydrogen-bond acceptors (Lipinski definition) is 4. The molecular weight excluding hydrogens is 318 g/mol. The molecule has 0 aliphatic rings. The van der Waals surface area contributed by atoms with Crippen molar-refractivity contribution in [1.82, 2.24) is 15.5 Å². The molecule has 2 rings (SSSR count). The van der Waals surface area contributed by atoms with E-state index in [0.717, 1.165) is 40.4 Å². The number of aromatic nitrogens is 2. The van der Waals surface area contributed by atoms with Gasteiger partial charge in [0.05, 0.1) is 5.02 Å². The molecule has 0 amide bonds. The van der Waals surface area contributed by atoms with Crippen LogP contribution in [0.5, 0.6) is 0 Å². The van der Waals surface area contributed by atoms with Gasteiger partial charge < -0.3 is 9.84 Å². The lowest BCUT2D eigenvalue weighted by Gasteiger charge is -2.04. The summed E-state index contributed by atoms with van der Waals surface area (Å²) < 4.78 is 5.81. The van der Waals surface area contributed by atoms with Gasteiger partial charge in [0, 0.05) is 30.9 Å². The molecule has 96 valence electrons. The van der Waals surface area contributed by atoms with E-state index in [1.54, 1.807) is 6.92 Å². The van der Waals surface area contributed by atoms with Crippen LogP contribution in [0.25, 0.3) is 0 Å². The van der Waals surface area contributed by atoms with Crippen molar-refractivity contribution in [2.24, 2.45) is 0 Å². The molecule has 1 aromatic heterocycles. The molecule has 1 aromatic carbocycles. The van der Waals surface area contributed by atoms with Crippen molar-refractivity contribution in [3.05, 3.63) is 45.0 Å². The molecule has 0 bridgehead atoms. The highest BCUT2D eigenvalue weighted by atomic mass is 79.9. The van der Waals surface area contributed by atoms with Crippen LogP contribution in [0.15, 0.2) is 27.2 Å². The second kappa shape index (κ2) is 6.31. The molecule has 4 nitrogen and oxygen atoms in total. The van der Waals surface area contributed by atoms with E-state index in [9.17, 15) is 0 Å². The molecule has 0 radical (unpaired) electrons. The second-order valence-corrected chi connectivity index (χ2v) is 5.17. The van der Waals surface area contributed by atoms with Gasteiger partial charge in [-0.2, -0.15) is 4.98 Å². The lowest BCUT2D eigenvalue weighted by Crippen LogP contribution is -2.17. The zero-order valence-corrected chi connectivity index (χ0v) is 12.3. The number of rotatable bonds is 5. The van der Waals surface area contributed by atoms with Gasteiger partial charge in [0.25, 0.3) is 0 Å². The van der Waals surface area contributed by atoms with Crippen LogP contribution in [0.1, 0.15) is 17.3 Å². The summed E-state index contributed by atoms with van der Waals surface area (Å²) in [6.45, 7) is 3.35. The van der Waals surface area contributed by atoms with Crippen molar-refractivity contribution in [2.45, 2.75) is 19.9 Å². The molecular formula is C12H13BrClN3O. The maximum Gasteiger partial charge on any atom is 0.223 e. The number of hydrogen-bond donors (Lipinski definition) is 1. The third-order valence-electron chi connectivity index (χ3n) is 2.41. The molecule has 0 atom stereocenters. The van der Waals surface area contributed by atoms with Gasteiger partial charge in [-0.05, 0) is 33.6 Å². The number of aryl methyl sites for hydroxylation is 1. The third-order valence-corrected chi connectivity index (χ3v) is 3.64. The predicted octanol–water partition coefficient (Wildman–Crippen LogP) is 3.13. The molecule has 2 aromatic rings. The fraction of sp³-hybridized carbons (Fsp3) is 0.333. The molecule has 0 saturated heterocycles. The molecule has 0 saturated carbocycles. The Hall–Kier alpha value is -0.910. The van der Waals surface area contributed by atoms with Gasteiger partial charge >= 0.3 is 0 Å². The van der Waals surface area contributed by atoms with Crippen LogP contribution in [0, 0.1) is 6.92 Å². The van der Waals surface area contributed by atoms with Crippen LogP contribution in [-0.2, 0) is 13.0 Å². The number of nitrogens with zero attached hydrogens (tertiary/aromatic N) is 2. The summed E-state index contributed by atoms with van der Waals surface area (Å²) in [6, 6.07) is 5.92. The summed E-state index contributed by atoms with van der Waals surface area (Å²) in [5, 5.41) is 7.87. The summed E-state index contributed by atoms with van der Waals surface area (Å²) in [5.41, 5.74) is 1.15. The Bertz CT molecular complexity index is 530. The van der Waals surface area contributed by atoms with Crippen LogP contribution in [0.4, 0.5) is 0 Å². The SMILES string of the molecule is Cc1nc(CCNCc2ccc(Br)c(Cl)c2)no1. The van der Waals surface area contributed by atoms with Crippen LogP contribution in [0.2, 0.25) is 5.02 Å². The van der Waals surface area contributed by atoms with E-state index >= 15 is 0 Å². The highest BCUT2D eigenvalue weighted by Crippen LogP contribution is 2.22. The summed E-state index contributed by atoms with van der Waals surface area (Å²) in [7, 11) is 0. The number of nitrogens with one attached hydrogen (secondary N) is 1. The zero-order valence-electron chi connectivity index (χ0n) is 9.91. The van der Waals surface area contributed by atoms with Gasteiger partial charge in [0.2, 0.25) is 5.89 Å². The Morgan fingerprint density at radius 3 is 2.94 bits per heavy atom. The fourth-order valence-electron chi connectivity index (χ4n) is 1.53. The highest BCUT2D eigenvalue weighted by Gasteiger charge is 2.02. The van der Waals surface area contributed by atoms with E-state index in [0.29, 0.717) is 5.89 Å². The molecule has 0 aliphatic heterocycles. The predicted molar refractivity (Wildman–Crippen MR) is 73.6 cm³/mol. The lowest BCUT2D eigenvalue weighted by atomic mass is 10.2. The van der Waals surface area contributed by atoms with Crippen LogP contribution < -0.4 is 5.32 Å². The fourth-order valence-corrected chi connectivity index (χ4v) is 1.98. The smallest absolute Gasteiger partial charge is 0.223 e. The maximum atomic E-state index is 6.02. The molecule has 0 spiro atoms. The van der Waals surface area contributed by atoms with Gasteiger partial charge in [-0.3, -0.25) is 0 Å². The van der Waals surface area contributed by atoms with E-state index in [1.807, 2.05) is 18.2 Å². The molecule has 18 heavy (non-hydrogen) atoms. The maximum absolute atomic E-state index is 6.02. The first-order chi connectivity index (χ1) is 8.65. The average Bonchev–Trinajstić information content (AvgIpc) is 2.75. The number of halogens is 2. The quantitative estimate of drug-likeness (QED) is 0.856. The van der Waals surface area contributed by atoms with E-state index in [4.69, 9.17) is 16.1 Å². The van der Waals surface area contributed by atoms with Crippen LogP contribution in [0.3, 0.4) is 0 Å². The molecule has 1 heterocycles. The van der Waals surface area contributed by atoms with Crippen molar-refractivity contribution >= 4 is 27.5 Å². The van der Waals surface area contributed by atoms with Gasteiger partial charge in [0.15, 0.2) is 5.82 Å². The lowest BCUT2D eigenvalue weighted by molar-refractivity contribution is 0.387. The van der Waals surface area contributed by atoms with Crippen molar-refractivity contribution in [2.75, 3.05) is 6.54 Å². The third kappa shape index (κ3) is 3.80. The normalized spacial score (nSPS) is 10.8. The van der Waals surface area contributed by atoms with Gasteiger partial charge in [-0.1, -0.05) is 22.8 Å². The Labute approximate surface area is 119 Å². The Balaban J connectivity index is 1.76. The van der Waals surface area contributed by atoms with Gasteiger partial charge in [-0.15, -0.1) is 0 Å². The minimum Gasteiger partial charge on any atom is -0.340 e. The first kappa shape index (κ1) is 13.5. The summed E-state index contributed by atoms with van der Waals surface area (Å²) in [5.74, 6) is 1.33. The monoisotopic (exact) mass is 329 g/mol. The summed E-state index contributed by atoms with van der Waals surface area (Å²) >= 11 is 9.38. The summed E-state index contributed by atoms with van der Waals surface area (Å²) in [4.78, 5) is 4.14. The molecule has 0 aliphatic carbocycles. The Morgan fingerprint density at radius 2 is 2.28 bits per heavy atom. The minimum absolute atomic E-state index is 0.602. The van der Waals surface area contributed by atoms with E-state index in [-0.39, 0.29) is 0 Å². The van der Waals surface area contributed by atoms with Gasteiger partial charge in [-0.25, -0.2) is 0 Å². The average molecular weight is 331 g/mol. The topological polar surface area (TPSA) is 51.0 Å². The first-order valence-corrected chi connectivity index (χ1v) is 6.76. The first-order valence-electron chi connectivity index (χ1n) is 5.59. The van der Waals surface area contributed by atoms with E-state index < -0.39 is 0 Å². The molecule has 0 unspecified atom stereocenters. The van der Waals surface area contributed by atoms with E-state index in [1.165, 1.54) is 0 Å².